The average molecular weight is 295 g/mol. The van der Waals surface area contributed by atoms with E-state index < -0.39 is 11.2 Å². The average Bonchev–Trinajstić information content (AvgIpc) is 2.21. The summed E-state index contributed by atoms with van der Waals surface area (Å²) in [7, 11) is 0. The Labute approximate surface area is 101 Å². The zero-order chi connectivity index (χ0) is 11.4. The van der Waals surface area contributed by atoms with Gasteiger partial charge in [0.25, 0.3) is 0 Å². The van der Waals surface area contributed by atoms with Crippen molar-refractivity contribution in [2.24, 2.45) is 0 Å². The van der Waals surface area contributed by atoms with Crippen molar-refractivity contribution in [3.8, 4) is 0 Å². The van der Waals surface area contributed by atoms with E-state index >= 15 is 0 Å². The molecule has 1 atom stereocenters. The molecule has 1 N–H and O–H groups in total. The summed E-state index contributed by atoms with van der Waals surface area (Å²) in [5, 5.41) is 1.72. The van der Waals surface area contributed by atoms with Gasteiger partial charge in [0.1, 0.15) is 11.2 Å². The lowest BCUT2D eigenvalue weighted by Gasteiger charge is -2.09. The van der Waals surface area contributed by atoms with E-state index in [0.717, 1.165) is 0 Å². The summed E-state index contributed by atoms with van der Waals surface area (Å²) in [5.41, 5.74) is 0.448. The SMILES string of the molecule is CCNC(=O)C(Cl)c1ccc(Br)c(F)c1. The Balaban J connectivity index is 2.86. The molecule has 1 amide bonds. The Morgan fingerprint density at radius 2 is 2.33 bits per heavy atom. The number of hydrogen-bond donors (Lipinski definition) is 1. The topological polar surface area (TPSA) is 29.1 Å². The summed E-state index contributed by atoms with van der Waals surface area (Å²) in [6.45, 7) is 2.30. The fourth-order valence-corrected chi connectivity index (χ4v) is 1.54. The van der Waals surface area contributed by atoms with Gasteiger partial charge < -0.3 is 5.32 Å². The molecule has 0 bridgehead atoms. The van der Waals surface area contributed by atoms with Crippen LogP contribution in [0.2, 0.25) is 0 Å². The highest BCUT2D eigenvalue weighted by Gasteiger charge is 2.17. The summed E-state index contributed by atoms with van der Waals surface area (Å²) in [6, 6.07) is 4.39. The molecule has 0 radical (unpaired) electrons. The number of amides is 1. The molecule has 1 rings (SSSR count). The summed E-state index contributed by atoms with van der Waals surface area (Å²) in [4.78, 5) is 11.4. The quantitative estimate of drug-likeness (QED) is 0.853. The van der Waals surface area contributed by atoms with E-state index in [9.17, 15) is 9.18 Å². The fourth-order valence-electron chi connectivity index (χ4n) is 1.09. The van der Waals surface area contributed by atoms with E-state index in [1.54, 1.807) is 13.0 Å². The Bertz CT molecular complexity index is 372. The summed E-state index contributed by atoms with van der Waals surface area (Å²) in [5.74, 6) is -0.747. The van der Waals surface area contributed by atoms with Crippen LogP contribution in [0.4, 0.5) is 4.39 Å². The van der Waals surface area contributed by atoms with Crippen LogP contribution in [0.15, 0.2) is 22.7 Å². The van der Waals surface area contributed by atoms with Crippen molar-refractivity contribution in [1.82, 2.24) is 5.32 Å². The number of alkyl halides is 1. The maximum atomic E-state index is 13.2. The molecule has 15 heavy (non-hydrogen) atoms. The molecule has 0 aliphatic carbocycles. The van der Waals surface area contributed by atoms with Gasteiger partial charge in [0.05, 0.1) is 4.47 Å². The molecule has 0 saturated carbocycles. The minimum absolute atomic E-state index is 0.319. The zero-order valence-electron chi connectivity index (χ0n) is 8.06. The molecular formula is C10H10BrClFNO. The van der Waals surface area contributed by atoms with Crippen LogP contribution in [0.5, 0.6) is 0 Å². The lowest BCUT2D eigenvalue weighted by atomic mass is 10.1. The van der Waals surface area contributed by atoms with Gasteiger partial charge in [-0.1, -0.05) is 6.07 Å². The second-order valence-electron chi connectivity index (χ2n) is 2.93. The lowest BCUT2D eigenvalue weighted by Crippen LogP contribution is -2.26. The third-order valence-electron chi connectivity index (χ3n) is 1.82. The van der Waals surface area contributed by atoms with Crippen molar-refractivity contribution in [2.75, 3.05) is 6.54 Å². The normalized spacial score (nSPS) is 12.3. The van der Waals surface area contributed by atoms with Gasteiger partial charge in [-0.15, -0.1) is 11.6 Å². The van der Waals surface area contributed by atoms with Crippen molar-refractivity contribution in [1.29, 1.82) is 0 Å². The smallest absolute Gasteiger partial charge is 0.242 e. The van der Waals surface area contributed by atoms with Crippen molar-refractivity contribution in [3.63, 3.8) is 0 Å². The van der Waals surface area contributed by atoms with Crippen LogP contribution in [0.1, 0.15) is 17.9 Å². The zero-order valence-corrected chi connectivity index (χ0v) is 10.4. The first-order valence-electron chi connectivity index (χ1n) is 4.43. The highest BCUT2D eigenvalue weighted by Crippen LogP contribution is 2.24. The van der Waals surface area contributed by atoms with E-state index in [-0.39, 0.29) is 5.91 Å². The predicted molar refractivity (Wildman–Crippen MR) is 61.4 cm³/mol. The number of nitrogens with one attached hydrogen (secondary N) is 1. The minimum atomic E-state index is -0.854. The van der Waals surface area contributed by atoms with Crippen molar-refractivity contribution >= 4 is 33.4 Å². The summed E-state index contributed by atoms with van der Waals surface area (Å²) < 4.78 is 13.5. The van der Waals surface area contributed by atoms with Crippen LogP contribution in [0, 0.1) is 5.82 Å². The van der Waals surface area contributed by atoms with Crippen LogP contribution in [0.3, 0.4) is 0 Å². The Hall–Kier alpha value is -0.610. The Kier molecular flexibility index (Phi) is 4.54. The minimum Gasteiger partial charge on any atom is -0.355 e. The van der Waals surface area contributed by atoms with E-state index in [4.69, 9.17) is 11.6 Å². The van der Waals surface area contributed by atoms with Crippen LogP contribution in [-0.4, -0.2) is 12.5 Å². The second-order valence-corrected chi connectivity index (χ2v) is 4.22. The van der Waals surface area contributed by atoms with Crippen LogP contribution < -0.4 is 5.32 Å². The monoisotopic (exact) mass is 293 g/mol. The molecule has 1 unspecified atom stereocenters. The van der Waals surface area contributed by atoms with Gasteiger partial charge in [-0.2, -0.15) is 0 Å². The molecule has 82 valence electrons. The van der Waals surface area contributed by atoms with Gasteiger partial charge in [0, 0.05) is 6.54 Å². The lowest BCUT2D eigenvalue weighted by molar-refractivity contribution is -0.120. The number of carbonyl (C=O) groups is 1. The van der Waals surface area contributed by atoms with E-state index in [1.807, 2.05) is 0 Å². The van der Waals surface area contributed by atoms with Gasteiger partial charge in [0.2, 0.25) is 5.91 Å². The van der Waals surface area contributed by atoms with Crippen LogP contribution >= 0.6 is 27.5 Å². The molecular weight excluding hydrogens is 284 g/mol. The molecule has 0 fully saturated rings. The van der Waals surface area contributed by atoms with Gasteiger partial charge in [-0.25, -0.2) is 4.39 Å². The van der Waals surface area contributed by atoms with Crippen LogP contribution in [0.25, 0.3) is 0 Å². The first kappa shape index (κ1) is 12.5. The van der Waals surface area contributed by atoms with Crippen molar-refractivity contribution < 1.29 is 9.18 Å². The van der Waals surface area contributed by atoms with E-state index in [1.165, 1.54) is 12.1 Å². The highest BCUT2D eigenvalue weighted by molar-refractivity contribution is 9.10. The number of halogens is 3. The molecule has 0 saturated heterocycles. The largest absolute Gasteiger partial charge is 0.355 e. The van der Waals surface area contributed by atoms with Crippen LogP contribution in [-0.2, 0) is 4.79 Å². The Morgan fingerprint density at radius 3 is 2.87 bits per heavy atom. The number of hydrogen-bond acceptors (Lipinski definition) is 1. The molecule has 0 spiro atoms. The van der Waals surface area contributed by atoms with Gasteiger partial charge in [-0.3, -0.25) is 4.79 Å². The Morgan fingerprint density at radius 1 is 1.67 bits per heavy atom. The first-order chi connectivity index (χ1) is 7.06. The molecule has 5 heteroatoms. The second kappa shape index (κ2) is 5.47. The molecule has 0 aliphatic heterocycles. The highest BCUT2D eigenvalue weighted by atomic mass is 79.9. The number of likely N-dealkylation sites (N-methyl/N-ethyl adjacent to an activating group) is 1. The van der Waals surface area contributed by atoms with Crippen molar-refractivity contribution in [3.05, 3.63) is 34.1 Å². The molecule has 0 aliphatic rings. The predicted octanol–water partition coefficient (Wildman–Crippen LogP) is 3.00. The summed E-state index contributed by atoms with van der Waals surface area (Å²) >= 11 is 8.89. The van der Waals surface area contributed by atoms with Gasteiger partial charge in [0.15, 0.2) is 0 Å². The molecule has 0 aromatic heterocycles. The standard InChI is InChI=1S/C10H10BrClFNO/c1-2-14-10(15)9(12)6-3-4-7(11)8(13)5-6/h3-5,9H,2H2,1H3,(H,14,15). The third-order valence-corrected chi connectivity index (χ3v) is 2.91. The number of benzene rings is 1. The number of rotatable bonds is 3. The third kappa shape index (κ3) is 3.18. The molecule has 0 heterocycles. The maximum absolute atomic E-state index is 13.2. The first-order valence-corrected chi connectivity index (χ1v) is 5.66. The fraction of sp³-hybridized carbons (Fsp3) is 0.300. The van der Waals surface area contributed by atoms with Gasteiger partial charge in [-0.05, 0) is 40.5 Å². The summed E-state index contributed by atoms with van der Waals surface area (Å²) in [6.07, 6.45) is 0. The molecule has 2 nitrogen and oxygen atoms in total. The number of carbonyl (C=O) groups excluding carboxylic acids is 1. The maximum Gasteiger partial charge on any atom is 0.242 e. The van der Waals surface area contributed by atoms with E-state index in [2.05, 4.69) is 21.2 Å². The van der Waals surface area contributed by atoms with Crippen molar-refractivity contribution in [2.45, 2.75) is 12.3 Å². The molecule has 1 aromatic rings. The van der Waals surface area contributed by atoms with Gasteiger partial charge >= 0.3 is 0 Å². The molecule has 1 aromatic carbocycles. The van der Waals surface area contributed by atoms with E-state index in [0.29, 0.717) is 16.6 Å².